The van der Waals surface area contributed by atoms with Crippen LogP contribution in [0.3, 0.4) is 0 Å². The molecule has 0 aliphatic carbocycles. The molecule has 0 spiro atoms. The summed E-state index contributed by atoms with van der Waals surface area (Å²) < 4.78 is 1.06. The van der Waals surface area contributed by atoms with Gasteiger partial charge in [-0.15, -0.1) is 12.6 Å². The van der Waals surface area contributed by atoms with Gasteiger partial charge in [0.15, 0.2) is 5.13 Å². The van der Waals surface area contributed by atoms with E-state index in [1.165, 1.54) is 0 Å². The fourth-order valence-corrected chi connectivity index (χ4v) is 2.60. The predicted molar refractivity (Wildman–Crippen MR) is 71.5 cm³/mol. The number of rotatable bonds is 2. The van der Waals surface area contributed by atoms with Crippen molar-refractivity contribution in [2.45, 2.75) is 11.8 Å². The van der Waals surface area contributed by atoms with Crippen LogP contribution in [0.15, 0.2) is 32.9 Å². The van der Waals surface area contributed by atoms with Crippen LogP contribution in [0.4, 0.5) is 10.8 Å². The van der Waals surface area contributed by atoms with Gasteiger partial charge in [0.25, 0.3) is 0 Å². The van der Waals surface area contributed by atoms with Crippen LogP contribution in [0.1, 0.15) is 5.69 Å². The maximum atomic E-state index is 4.37. The lowest BCUT2D eigenvalue weighted by atomic mass is 10.3. The third-order valence-corrected chi connectivity index (χ3v) is 4.20. The van der Waals surface area contributed by atoms with Crippen LogP contribution < -0.4 is 5.32 Å². The molecule has 0 atom stereocenters. The molecule has 0 radical (unpaired) electrons. The molecule has 0 unspecified atom stereocenters. The summed E-state index contributed by atoms with van der Waals surface area (Å²) in [5, 5.41) is 4.11. The summed E-state index contributed by atoms with van der Waals surface area (Å²) in [5.74, 6) is 0. The molecular formula is C10H9BrN2S2. The van der Waals surface area contributed by atoms with Crippen molar-refractivity contribution in [3.63, 3.8) is 0 Å². The molecule has 2 rings (SSSR count). The number of para-hydroxylation sites is 1. The summed E-state index contributed by atoms with van der Waals surface area (Å²) in [5.41, 5.74) is 1.97. The van der Waals surface area contributed by atoms with E-state index in [2.05, 4.69) is 38.9 Å². The lowest BCUT2D eigenvalue weighted by molar-refractivity contribution is 1.24. The van der Waals surface area contributed by atoms with E-state index >= 15 is 0 Å². The largest absolute Gasteiger partial charge is 0.331 e. The Morgan fingerprint density at radius 3 is 2.73 bits per heavy atom. The Hall–Kier alpha value is -0.520. The minimum Gasteiger partial charge on any atom is -0.331 e. The molecule has 1 N–H and O–H groups in total. The van der Waals surface area contributed by atoms with Gasteiger partial charge in [0.05, 0.1) is 15.2 Å². The van der Waals surface area contributed by atoms with E-state index in [1.54, 1.807) is 11.3 Å². The molecule has 2 aromatic rings. The van der Waals surface area contributed by atoms with Crippen molar-refractivity contribution in [3.05, 3.63) is 33.7 Å². The van der Waals surface area contributed by atoms with Gasteiger partial charge in [0.1, 0.15) is 0 Å². The fraction of sp³-hybridized carbons (Fsp3) is 0.100. The number of anilines is 2. The second-order valence-corrected chi connectivity index (χ2v) is 5.82. The van der Waals surface area contributed by atoms with Crippen LogP contribution in [0.2, 0.25) is 0 Å². The van der Waals surface area contributed by atoms with Gasteiger partial charge in [-0.25, -0.2) is 4.98 Å². The molecule has 1 aromatic carbocycles. The molecule has 0 amide bonds. The van der Waals surface area contributed by atoms with Crippen molar-refractivity contribution in [2.75, 3.05) is 5.32 Å². The summed E-state index contributed by atoms with van der Waals surface area (Å²) in [4.78, 5) is 5.29. The Morgan fingerprint density at radius 1 is 1.40 bits per heavy atom. The summed E-state index contributed by atoms with van der Waals surface area (Å²) in [7, 11) is 0. The maximum absolute atomic E-state index is 4.37. The molecule has 0 bridgehead atoms. The molecule has 0 aliphatic heterocycles. The summed E-state index contributed by atoms with van der Waals surface area (Å²) >= 11 is 9.39. The van der Waals surface area contributed by atoms with E-state index in [4.69, 9.17) is 0 Å². The van der Waals surface area contributed by atoms with Gasteiger partial charge in [0.2, 0.25) is 0 Å². The summed E-state index contributed by atoms with van der Waals surface area (Å²) in [6, 6.07) is 7.85. The molecule has 0 saturated carbocycles. The number of halogens is 1. The first-order valence-electron chi connectivity index (χ1n) is 4.35. The van der Waals surface area contributed by atoms with Crippen LogP contribution >= 0.6 is 39.9 Å². The van der Waals surface area contributed by atoms with Crippen molar-refractivity contribution in [3.8, 4) is 0 Å². The van der Waals surface area contributed by atoms with Crippen molar-refractivity contribution in [2.24, 2.45) is 0 Å². The highest BCUT2D eigenvalue weighted by molar-refractivity contribution is 9.11. The first kappa shape index (κ1) is 11.0. The average molecular weight is 301 g/mol. The highest BCUT2D eigenvalue weighted by Crippen LogP contribution is 2.31. The minimum atomic E-state index is 0.876. The monoisotopic (exact) mass is 300 g/mol. The second kappa shape index (κ2) is 4.55. The number of nitrogens with one attached hydrogen (secondary N) is 1. The van der Waals surface area contributed by atoms with Crippen LogP contribution in [-0.4, -0.2) is 4.98 Å². The molecule has 0 aliphatic rings. The van der Waals surface area contributed by atoms with Gasteiger partial charge >= 0.3 is 0 Å². The van der Waals surface area contributed by atoms with Gasteiger partial charge < -0.3 is 5.32 Å². The molecule has 0 fully saturated rings. The normalized spacial score (nSPS) is 10.3. The molecule has 78 valence electrons. The summed E-state index contributed by atoms with van der Waals surface area (Å²) in [6.07, 6.45) is 0. The Morgan fingerprint density at radius 2 is 2.13 bits per heavy atom. The smallest absolute Gasteiger partial charge is 0.188 e. The van der Waals surface area contributed by atoms with Crippen LogP contribution in [0, 0.1) is 6.92 Å². The molecule has 2 nitrogen and oxygen atoms in total. The topological polar surface area (TPSA) is 24.9 Å². The van der Waals surface area contributed by atoms with Crippen LogP contribution in [-0.2, 0) is 0 Å². The lowest BCUT2D eigenvalue weighted by Gasteiger charge is -2.04. The zero-order chi connectivity index (χ0) is 10.8. The van der Waals surface area contributed by atoms with Crippen LogP contribution in [0.25, 0.3) is 0 Å². The van der Waals surface area contributed by atoms with E-state index < -0.39 is 0 Å². The Labute approximate surface area is 106 Å². The standard InChI is InChI=1S/C10H9BrN2S2/c1-6-9(11)15-10(12-6)13-7-4-2-3-5-8(7)14/h2-5,14H,1H3,(H,12,13). The van der Waals surface area contributed by atoms with Gasteiger partial charge in [0, 0.05) is 4.90 Å². The summed E-state index contributed by atoms with van der Waals surface area (Å²) in [6.45, 7) is 1.97. The average Bonchev–Trinajstić information content (AvgIpc) is 2.50. The fourth-order valence-electron chi connectivity index (χ4n) is 1.13. The van der Waals surface area contributed by atoms with Crippen LogP contribution in [0.5, 0.6) is 0 Å². The number of aromatic nitrogens is 1. The first-order chi connectivity index (χ1) is 7.16. The van der Waals surface area contributed by atoms with E-state index in [-0.39, 0.29) is 0 Å². The highest BCUT2D eigenvalue weighted by Gasteiger charge is 2.05. The van der Waals surface area contributed by atoms with Crippen molar-refractivity contribution in [1.82, 2.24) is 4.98 Å². The zero-order valence-electron chi connectivity index (χ0n) is 7.99. The number of hydrogen-bond donors (Lipinski definition) is 2. The third kappa shape index (κ3) is 2.53. The van der Waals surface area contributed by atoms with E-state index in [0.29, 0.717) is 0 Å². The second-order valence-electron chi connectivity index (χ2n) is 3.02. The number of thiazole rings is 1. The SMILES string of the molecule is Cc1nc(Nc2ccccc2S)sc1Br. The minimum absolute atomic E-state index is 0.876. The van der Waals surface area contributed by atoms with Gasteiger partial charge in [-0.3, -0.25) is 0 Å². The predicted octanol–water partition coefficient (Wildman–Crippen LogP) is 4.25. The van der Waals surface area contributed by atoms with Gasteiger partial charge in [-0.2, -0.15) is 0 Å². The van der Waals surface area contributed by atoms with Crippen molar-refractivity contribution in [1.29, 1.82) is 0 Å². The molecule has 5 heteroatoms. The lowest BCUT2D eigenvalue weighted by Crippen LogP contribution is -1.90. The molecule has 1 heterocycles. The van der Waals surface area contributed by atoms with E-state index in [0.717, 1.165) is 25.2 Å². The Kier molecular flexibility index (Phi) is 3.33. The molecule has 15 heavy (non-hydrogen) atoms. The Bertz CT molecular complexity index is 463. The van der Waals surface area contributed by atoms with Gasteiger partial charge in [-0.1, -0.05) is 23.5 Å². The zero-order valence-corrected chi connectivity index (χ0v) is 11.3. The van der Waals surface area contributed by atoms with E-state index in [9.17, 15) is 0 Å². The van der Waals surface area contributed by atoms with Crippen molar-refractivity contribution >= 4 is 50.7 Å². The van der Waals surface area contributed by atoms with E-state index in [1.807, 2.05) is 31.2 Å². The number of benzene rings is 1. The van der Waals surface area contributed by atoms with Gasteiger partial charge in [-0.05, 0) is 35.0 Å². The quantitative estimate of drug-likeness (QED) is 0.811. The first-order valence-corrected chi connectivity index (χ1v) is 6.40. The number of aryl methyl sites for hydroxylation is 1. The molecule has 0 saturated heterocycles. The number of hydrogen-bond acceptors (Lipinski definition) is 4. The number of thiol groups is 1. The van der Waals surface area contributed by atoms with Crippen molar-refractivity contribution < 1.29 is 0 Å². The Balaban J connectivity index is 2.26. The highest BCUT2D eigenvalue weighted by atomic mass is 79.9. The molecular weight excluding hydrogens is 292 g/mol. The number of nitrogens with zero attached hydrogens (tertiary/aromatic N) is 1. The maximum Gasteiger partial charge on any atom is 0.188 e. The molecule has 1 aromatic heterocycles. The third-order valence-electron chi connectivity index (χ3n) is 1.89.